The van der Waals surface area contributed by atoms with Gasteiger partial charge < -0.3 is 10.1 Å². The first-order valence-electron chi connectivity index (χ1n) is 9.06. The number of benzene rings is 2. The lowest BCUT2D eigenvalue weighted by Crippen LogP contribution is -2.43. The highest BCUT2D eigenvalue weighted by Crippen LogP contribution is 2.20. The molecule has 0 saturated carbocycles. The standard InChI is InChI=1S/C22H21FN2O3/c1-3-28-22(27)20(12-15-7-5-4-6-8-15)25-21(26)18-11-14(2)24-19-13-16(23)9-10-17(18)19/h4-11,13,20H,3,12H2,1-2H3,(H,25,26)/t20-/m1/s1. The average molecular weight is 380 g/mol. The molecular formula is C22H21FN2O3. The van der Waals surface area contributed by atoms with Crippen molar-refractivity contribution in [1.82, 2.24) is 10.3 Å². The lowest BCUT2D eigenvalue weighted by Gasteiger charge is -2.18. The molecule has 0 radical (unpaired) electrons. The number of aryl methyl sites for hydroxylation is 1. The molecule has 0 saturated heterocycles. The van der Waals surface area contributed by atoms with Crippen molar-refractivity contribution >= 4 is 22.8 Å². The van der Waals surface area contributed by atoms with Crippen LogP contribution >= 0.6 is 0 Å². The predicted octanol–water partition coefficient (Wildman–Crippen LogP) is 3.59. The van der Waals surface area contributed by atoms with Crippen molar-refractivity contribution < 1.29 is 18.7 Å². The van der Waals surface area contributed by atoms with Crippen LogP contribution < -0.4 is 5.32 Å². The molecule has 1 N–H and O–H groups in total. The largest absolute Gasteiger partial charge is 0.464 e. The van der Waals surface area contributed by atoms with E-state index in [0.717, 1.165) is 5.56 Å². The molecular weight excluding hydrogens is 359 g/mol. The molecule has 0 aliphatic heterocycles. The number of pyridine rings is 1. The van der Waals surface area contributed by atoms with Crippen LogP contribution in [0.4, 0.5) is 4.39 Å². The third-order valence-corrected chi connectivity index (χ3v) is 4.30. The van der Waals surface area contributed by atoms with Gasteiger partial charge in [-0.1, -0.05) is 30.3 Å². The fraction of sp³-hybridized carbons (Fsp3) is 0.227. The summed E-state index contributed by atoms with van der Waals surface area (Å²) in [7, 11) is 0. The Balaban J connectivity index is 1.91. The van der Waals surface area contributed by atoms with Gasteiger partial charge in [0.15, 0.2) is 0 Å². The molecule has 0 aliphatic rings. The number of fused-ring (bicyclic) bond motifs is 1. The Morgan fingerprint density at radius 3 is 2.61 bits per heavy atom. The highest BCUT2D eigenvalue weighted by Gasteiger charge is 2.24. The number of nitrogens with one attached hydrogen (secondary N) is 1. The second kappa shape index (κ2) is 8.61. The summed E-state index contributed by atoms with van der Waals surface area (Å²) >= 11 is 0. The highest BCUT2D eigenvalue weighted by atomic mass is 19.1. The second-order valence-corrected chi connectivity index (χ2v) is 6.44. The van der Waals surface area contributed by atoms with Crippen molar-refractivity contribution in [3.63, 3.8) is 0 Å². The summed E-state index contributed by atoms with van der Waals surface area (Å²) in [6.07, 6.45) is 0.308. The van der Waals surface area contributed by atoms with Crippen LogP contribution in [0.3, 0.4) is 0 Å². The number of carbonyl (C=O) groups is 2. The molecule has 28 heavy (non-hydrogen) atoms. The molecule has 1 atom stereocenters. The first-order valence-corrected chi connectivity index (χ1v) is 9.06. The zero-order valence-electron chi connectivity index (χ0n) is 15.7. The maximum absolute atomic E-state index is 13.5. The molecule has 6 heteroatoms. The molecule has 3 rings (SSSR count). The molecule has 3 aromatic rings. The molecule has 2 aromatic carbocycles. The monoisotopic (exact) mass is 380 g/mol. The first-order chi connectivity index (χ1) is 13.5. The Kier molecular flexibility index (Phi) is 5.99. The van der Waals surface area contributed by atoms with E-state index in [1.165, 1.54) is 18.2 Å². The maximum atomic E-state index is 13.5. The number of nitrogens with zero attached hydrogens (tertiary/aromatic N) is 1. The van der Waals surface area contributed by atoms with Crippen LogP contribution in [0.2, 0.25) is 0 Å². The Morgan fingerprint density at radius 2 is 1.89 bits per heavy atom. The van der Waals surface area contributed by atoms with Gasteiger partial charge in [-0.05, 0) is 37.6 Å². The molecule has 0 spiro atoms. The number of aromatic nitrogens is 1. The fourth-order valence-corrected chi connectivity index (χ4v) is 3.04. The molecule has 0 unspecified atom stereocenters. The third kappa shape index (κ3) is 4.52. The van der Waals surface area contributed by atoms with E-state index >= 15 is 0 Å². The van der Waals surface area contributed by atoms with E-state index in [1.54, 1.807) is 19.9 Å². The van der Waals surface area contributed by atoms with E-state index in [4.69, 9.17) is 4.74 Å². The summed E-state index contributed by atoms with van der Waals surface area (Å²) in [5.41, 5.74) is 2.21. The second-order valence-electron chi connectivity index (χ2n) is 6.44. The number of amides is 1. The highest BCUT2D eigenvalue weighted by molar-refractivity contribution is 6.07. The van der Waals surface area contributed by atoms with Crippen LogP contribution in [0, 0.1) is 12.7 Å². The van der Waals surface area contributed by atoms with E-state index < -0.39 is 23.7 Å². The summed E-state index contributed by atoms with van der Waals surface area (Å²) in [6, 6.07) is 14.3. The van der Waals surface area contributed by atoms with Gasteiger partial charge in [0.25, 0.3) is 5.91 Å². The van der Waals surface area contributed by atoms with Crippen LogP contribution in [0.15, 0.2) is 54.6 Å². The normalized spacial score (nSPS) is 11.8. The Labute approximate surface area is 162 Å². The lowest BCUT2D eigenvalue weighted by molar-refractivity contribution is -0.145. The van der Waals surface area contributed by atoms with Crippen LogP contribution in [0.1, 0.15) is 28.5 Å². The summed E-state index contributed by atoms with van der Waals surface area (Å²) < 4.78 is 18.7. The molecule has 1 aromatic heterocycles. The molecule has 0 bridgehead atoms. The molecule has 1 heterocycles. The van der Waals surface area contributed by atoms with Gasteiger partial charge in [-0.15, -0.1) is 0 Å². The Bertz CT molecular complexity index is 1000. The van der Waals surface area contributed by atoms with E-state index in [-0.39, 0.29) is 6.61 Å². The Hall–Kier alpha value is -3.28. The molecule has 0 aliphatic carbocycles. The van der Waals surface area contributed by atoms with Gasteiger partial charge in [0.05, 0.1) is 17.7 Å². The van der Waals surface area contributed by atoms with Gasteiger partial charge >= 0.3 is 5.97 Å². The first kappa shape index (κ1) is 19.5. The van der Waals surface area contributed by atoms with Crippen molar-refractivity contribution in [2.45, 2.75) is 26.3 Å². The van der Waals surface area contributed by atoms with Crippen LogP contribution in [-0.2, 0) is 16.0 Å². The number of halogens is 1. The molecule has 0 fully saturated rings. The van der Waals surface area contributed by atoms with E-state index in [2.05, 4.69) is 10.3 Å². The third-order valence-electron chi connectivity index (χ3n) is 4.30. The smallest absolute Gasteiger partial charge is 0.328 e. The number of rotatable bonds is 6. The summed E-state index contributed by atoms with van der Waals surface area (Å²) in [5, 5.41) is 3.29. The van der Waals surface area contributed by atoms with Gasteiger partial charge in [-0.25, -0.2) is 9.18 Å². The number of esters is 1. The summed E-state index contributed by atoms with van der Waals surface area (Å²) in [5.74, 6) is -1.36. The quantitative estimate of drug-likeness (QED) is 0.664. The predicted molar refractivity (Wildman–Crippen MR) is 104 cm³/mol. The SMILES string of the molecule is CCOC(=O)[C@@H](Cc1ccccc1)NC(=O)c1cc(C)nc2cc(F)ccc12. The van der Waals surface area contributed by atoms with Crippen LogP contribution in [0.25, 0.3) is 10.9 Å². The van der Waals surface area contributed by atoms with Crippen molar-refractivity contribution in [3.8, 4) is 0 Å². The summed E-state index contributed by atoms with van der Waals surface area (Å²) in [4.78, 5) is 29.6. The average Bonchev–Trinajstić information content (AvgIpc) is 2.67. The number of ether oxygens (including phenoxy) is 1. The van der Waals surface area contributed by atoms with Crippen molar-refractivity contribution in [1.29, 1.82) is 0 Å². The number of hydrogen-bond acceptors (Lipinski definition) is 4. The van der Waals surface area contributed by atoms with Crippen molar-refractivity contribution in [2.24, 2.45) is 0 Å². The zero-order valence-corrected chi connectivity index (χ0v) is 15.7. The zero-order chi connectivity index (χ0) is 20.1. The van der Waals surface area contributed by atoms with Gasteiger partial charge in [-0.3, -0.25) is 9.78 Å². The van der Waals surface area contributed by atoms with E-state index in [0.29, 0.717) is 28.6 Å². The topological polar surface area (TPSA) is 68.3 Å². The maximum Gasteiger partial charge on any atom is 0.328 e. The molecule has 1 amide bonds. The van der Waals surface area contributed by atoms with Crippen molar-refractivity contribution in [2.75, 3.05) is 6.61 Å². The van der Waals surface area contributed by atoms with E-state index in [1.807, 2.05) is 30.3 Å². The van der Waals surface area contributed by atoms with Crippen LogP contribution in [-0.4, -0.2) is 29.5 Å². The molecule has 144 valence electrons. The minimum atomic E-state index is -0.834. The minimum Gasteiger partial charge on any atom is -0.464 e. The van der Waals surface area contributed by atoms with Crippen molar-refractivity contribution in [3.05, 3.63) is 77.2 Å². The number of carbonyl (C=O) groups excluding carboxylic acids is 2. The summed E-state index contributed by atoms with van der Waals surface area (Å²) in [6.45, 7) is 3.66. The number of hydrogen-bond donors (Lipinski definition) is 1. The van der Waals surface area contributed by atoms with Crippen LogP contribution in [0.5, 0.6) is 0 Å². The van der Waals surface area contributed by atoms with E-state index in [9.17, 15) is 14.0 Å². The van der Waals surface area contributed by atoms with Gasteiger partial charge in [0.1, 0.15) is 11.9 Å². The van der Waals surface area contributed by atoms with Gasteiger partial charge in [-0.2, -0.15) is 0 Å². The van der Waals surface area contributed by atoms with Gasteiger partial charge in [0.2, 0.25) is 0 Å². The Morgan fingerprint density at radius 1 is 1.14 bits per heavy atom. The fourth-order valence-electron chi connectivity index (χ4n) is 3.04. The minimum absolute atomic E-state index is 0.219. The lowest BCUT2D eigenvalue weighted by atomic mass is 10.0. The molecule has 5 nitrogen and oxygen atoms in total. The van der Waals surface area contributed by atoms with Gasteiger partial charge in [0, 0.05) is 23.6 Å².